The standard InChI is InChI=1S/C24H26O/c1-2-3-5-17-6-4-7-18-13-22-21(14-20(17)18)23(25)10-11-24(22)15-16-8-9-19(24)12-16/h4,6-8,13-14,19H,2-3,5,9-12,15H2,1H3. The molecule has 0 aliphatic heterocycles. The lowest BCUT2D eigenvalue weighted by Gasteiger charge is -2.41. The molecule has 2 unspecified atom stereocenters. The van der Waals surface area contributed by atoms with Gasteiger partial charge in [-0.15, -0.1) is 0 Å². The van der Waals surface area contributed by atoms with Crippen LogP contribution in [0.1, 0.15) is 73.4 Å². The van der Waals surface area contributed by atoms with Gasteiger partial charge in [0, 0.05) is 17.4 Å². The van der Waals surface area contributed by atoms with Crippen molar-refractivity contribution in [3.05, 3.63) is 58.7 Å². The Morgan fingerprint density at radius 2 is 2.16 bits per heavy atom. The topological polar surface area (TPSA) is 17.1 Å². The number of benzene rings is 2. The first-order valence-corrected chi connectivity index (χ1v) is 9.98. The molecule has 1 nitrogen and oxygen atoms in total. The quantitative estimate of drug-likeness (QED) is 0.618. The second-order valence-electron chi connectivity index (χ2n) is 8.39. The van der Waals surface area contributed by atoms with E-state index in [1.807, 2.05) is 0 Å². The Hall–Kier alpha value is -1.89. The minimum atomic E-state index is 0.251. The van der Waals surface area contributed by atoms with E-state index in [9.17, 15) is 4.79 Å². The third-order valence-corrected chi connectivity index (χ3v) is 7.07. The molecule has 2 aromatic rings. The van der Waals surface area contributed by atoms with Gasteiger partial charge in [-0.05, 0) is 78.5 Å². The fraction of sp³-hybridized carbons (Fsp3) is 0.458. The molecule has 3 aliphatic rings. The molecule has 1 heteroatoms. The molecule has 2 atom stereocenters. The van der Waals surface area contributed by atoms with Gasteiger partial charge in [0.2, 0.25) is 0 Å². The summed E-state index contributed by atoms with van der Waals surface area (Å²) in [6.45, 7) is 2.24. The van der Waals surface area contributed by atoms with E-state index in [0.717, 1.165) is 30.7 Å². The highest BCUT2D eigenvalue weighted by atomic mass is 16.1. The van der Waals surface area contributed by atoms with Crippen molar-refractivity contribution in [1.82, 2.24) is 0 Å². The van der Waals surface area contributed by atoms with Crippen LogP contribution in [0.4, 0.5) is 0 Å². The van der Waals surface area contributed by atoms with E-state index >= 15 is 0 Å². The van der Waals surface area contributed by atoms with Crippen LogP contribution < -0.4 is 0 Å². The summed E-state index contributed by atoms with van der Waals surface area (Å²) in [5.41, 5.74) is 5.71. The smallest absolute Gasteiger partial charge is 0.163 e. The Labute approximate surface area is 150 Å². The van der Waals surface area contributed by atoms with Gasteiger partial charge in [0.25, 0.3) is 0 Å². The third kappa shape index (κ3) is 2.18. The number of fused-ring (bicyclic) bond motifs is 6. The summed E-state index contributed by atoms with van der Waals surface area (Å²) >= 11 is 0. The summed E-state index contributed by atoms with van der Waals surface area (Å²) in [5.74, 6) is 1.10. The van der Waals surface area contributed by atoms with E-state index in [1.54, 1.807) is 5.57 Å². The van der Waals surface area contributed by atoms with Gasteiger partial charge >= 0.3 is 0 Å². The normalized spacial score (nSPS) is 27.2. The molecule has 0 aromatic heterocycles. The second kappa shape index (κ2) is 5.56. The number of carbonyl (C=O) groups is 1. The first-order chi connectivity index (χ1) is 12.2. The molecule has 1 saturated carbocycles. The summed E-state index contributed by atoms with van der Waals surface area (Å²) < 4.78 is 0. The molecule has 1 spiro atoms. The van der Waals surface area contributed by atoms with Gasteiger partial charge in [-0.2, -0.15) is 0 Å². The van der Waals surface area contributed by atoms with Crippen LogP contribution in [0.3, 0.4) is 0 Å². The van der Waals surface area contributed by atoms with Crippen LogP contribution >= 0.6 is 0 Å². The Morgan fingerprint density at radius 3 is 2.92 bits per heavy atom. The summed E-state index contributed by atoms with van der Waals surface area (Å²) in [5, 5.41) is 2.64. The van der Waals surface area contributed by atoms with Crippen molar-refractivity contribution < 1.29 is 4.79 Å². The van der Waals surface area contributed by atoms with E-state index in [-0.39, 0.29) is 5.41 Å². The minimum absolute atomic E-state index is 0.251. The van der Waals surface area contributed by atoms with Crippen molar-refractivity contribution in [2.24, 2.45) is 5.92 Å². The molecule has 1 fully saturated rings. The molecular formula is C24H26O. The summed E-state index contributed by atoms with van der Waals surface area (Å²) in [4.78, 5) is 12.8. The lowest BCUT2D eigenvalue weighted by Crippen LogP contribution is -2.37. The van der Waals surface area contributed by atoms with Crippen LogP contribution in [0.25, 0.3) is 10.8 Å². The molecule has 128 valence electrons. The molecule has 3 aliphatic carbocycles. The van der Waals surface area contributed by atoms with Crippen LogP contribution in [0.2, 0.25) is 0 Å². The van der Waals surface area contributed by atoms with Gasteiger partial charge in [-0.3, -0.25) is 4.79 Å². The molecule has 0 amide bonds. The van der Waals surface area contributed by atoms with Crippen molar-refractivity contribution in [2.75, 3.05) is 0 Å². The van der Waals surface area contributed by atoms with Crippen LogP contribution in [0, 0.1) is 5.92 Å². The SMILES string of the molecule is CCCCc1cccc2cc3c(cc12)C(=O)CCC31CC2=CCC1C2. The summed E-state index contributed by atoms with van der Waals surface area (Å²) in [6, 6.07) is 11.3. The number of hydrogen-bond donors (Lipinski definition) is 0. The van der Waals surface area contributed by atoms with Crippen molar-refractivity contribution in [1.29, 1.82) is 0 Å². The highest BCUT2D eigenvalue weighted by molar-refractivity contribution is 6.03. The zero-order chi connectivity index (χ0) is 17.0. The number of ketones is 1. The lowest BCUT2D eigenvalue weighted by atomic mass is 9.62. The monoisotopic (exact) mass is 330 g/mol. The maximum Gasteiger partial charge on any atom is 0.163 e. The van der Waals surface area contributed by atoms with Crippen molar-refractivity contribution in [3.63, 3.8) is 0 Å². The zero-order valence-corrected chi connectivity index (χ0v) is 15.1. The summed E-state index contributed by atoms with van der Waals surface area (Å²) in [7, 11) is 0. The van der Waals surface area contributed by atoms with Gasteiger partial charge in [0.1, 0.15) is 0 Å². The first-order valence-electron chi connectivity index (χ1n) is 9.98. The Morgan fingerprint density at radius 1 is 1.24 bits per heavy atom. The number of rotatable bonds is 3. The maximum atomic E-state index is 12.8. The predicted octanol–water partition coefficient (Wildman–Crippen LogP) is 6.14. The van der Waals surface area contributed by atoms with Gasteiger partial charge < -0.3 is 0 Å². The van der Waals surface area contributed by atoms with Crippen molar-refractivity contribution in [2.45, 2.75) is 63.7 Å². The molecule has 25 heavy (non-hydrogen) atoms. The number of unbranched alkanes of at least 4 members (excludes halogenated alkanes) is 1. The fourth-order valence-electron chi connectivity index (χ4n) is 5.74. The summed E-state index contributed by atoms with van der Waals surface area (Å²) in [6.07, 6.45) is 11.5. The molecule has 2 aromatic carbocycles. The Balaban J connectivity index is 1.70. The van der Waals surface area contributed by atoms with Crippen LogP contribution in [0.5, 0.6) is 0 Å². The molecular weight excluding hydrogens is 304 g/mol. The maximum absolute atomic E-state index is 12.8. The average Bonchev–Trinajstić information content (AvgIpc) is 3.24. The number of hydrogen-bond acceptors (Lipinski definition) is 1. The molecule has 5 rings (SSSR count). The van der Waals surface area contributed by atoms with E-state index in [0.29, 0.717) is 5.78 Å². The molecule has 2 bridgehead atoms. The first kappa shape index (κ1) is 15.4. The molecule has 0 saturated heterocycles. The average molecular weight is 330 g/mol. The van der Waals surface area contributed by atoms with Crippen molar-refractivity contribution in [3.8, 4) is 0 Å². The van der Waals surface area contributed by atoms with Crippen LogP contribution in [-0.4, -0.2) is 5.78 Å². The van der Waals surface area contributed by atoms with Gasteiger partial charge in [0.15, 0.2) is 5.78 Å². The third-order valence-electron chi connectivity index (χ3n) is 7.07. The highest BCUT2D eigenvalue weighted by Crippen LogP contribution is 2.59. The number of carbonyl (C=O) groups excluding carboxylic acids is 1. The Bertz CT molecular complexity index is 904. The fourth-order valence-corrected chi connectivity index (χ4v) is 5.74. The largest absolute Gasteiger partial charge is 0.294 e. The number of Topliss-reactive ketones (excluding diaryl/α,β-unsaturated/α-hetero) is 1. The van der Waals surface area contributed by atoms with Crippen molar-refractivity contribution >= 4 is 16.6 Å². The van der Waals surface area contributed by atoms with Crippen LogP contribution in [-0.2, 0) is 11.8 Å². The van der Waals surface area contributed by atoms with Gasteiger partial charge in [-0.1, -0.05) is 43.2 Å². The number of allylic oxidation sites excluding steroid dienone is 2. The molecule has 0 N–H and O–H groups in total. The highest BCUT2D eigenvalue weighted by Gasteiger charge is 2.51. The zero-order valence-electron chi connectivity index (χ0n) is 15.1. The van der Waals surface area contributed by atoms with E-state index in [2.05, 4.69) is 43.3 Å². The van der Waals surface area contributed by atoms with Gasteiger partial charge in [0.05, 0.1) is 0 Å². The second-order valence-corrected chi connectivity index (χ2v) is 8.39. The molecule has 0 radical (unpaired) electrons. The van der Waals surface area contributed by atoms with E-state index in [4.69, 9.17) is 0 Å². The van der Waals surface area contributed by atoms with E-state index in [1.165, 1.54) is 54.0 Å². The predicted molar refractivity (Wildman–Crippen MR) is 103 cm³/mol. The minimum Gasteiger partial charge on any atom is -0.294 e. The Kier molecular flexibility index (Phi) is 3.42. The lowest BCUT2D eigenvalue weighted by molar-refractivity contribution is 0.0940. The van der Waals surface area contributed by atoms with E-state index < -0.39 is 0 Å². The van der Waals surface area contributed by atoms with Crippen LogP contribution in [0.15, 0.2) is 42.0 Å². The number of aryl methyl sites for hydroxylation is 1. The molecule has 0 heterocycles. The van der Waals surface area contributed by atoms with Gasteiger partial charge in [-0.25, -0.2) is 0 Å².